The van der Waals surface area contributed by atoms with Gasteiger partial charge in [0.05, 0.1) is 61.4 Å². The second-order valence-corrected chi connectivity index (χ2v) is 47.1. The topological polar surface area (TPSA) is 152 Å². The first kappa shape index (κ1) is 85.8. The van der Waals surface area contributed by atoms with E-state index >= 15 is 0 Å². The Morgan fingerprint density at radius 3 is 0.709 bits per heavy atom. The van der Waals surface area contributed by atoms with Crippen LogP contribution in [0.1, 0.15) is 296 Å². The molecule has 10 heterocycles. The van der Waals surface area contributed by atoms with Gasteiger partial charge in [-0.05, 0) is 228 Å². The van der Waals surface area contributed by atoms with Gasteiger partial charge in [0, 0.05) is 98.8 Å². The van der Waals surface area contributed by atoms with E-state index in [1.807, 2.05) is 12.1 Å². The van der Waals surface area contributed by atoms with Crippen LogP contribution in [0, 0.1) is 0 Å². The maximum Gasteiger partial charge on any atom is 0.335 e. The Balaban J connectivity index is 1.16. The molecule has 0 amide bonds. The smallest absolute Gasteiger partial charge is 0.335 e. The van der Waals surface area contributed by atoms with Crippen LogP contribution < -0.4 is 0 Å². The van der Waals surface area contributed by atoms with E-state index in [1.54, 1.807) is 12.1 Å². The number of fused-ring (bicyclic) bond motifs is 14. The SMILES string of the molecule is CC(C)(C)c1cc(-c2c3nc(c(-c4cc(C(C)(C)C)cc(C(C)(C)C)c4)c4cc5c6cc7nc6c6c8[nH]c(cc8c8cc(nc8c6c5[nH]4)c(-c4cc(C(C)(C)C)cc(C(C)(C)C)c4)c4ccc2[nH]4)c(-c2cc(C(C)(C)C)cc(C(C)(C)C)c2)c2nc(c(-c4ccc(C(=O)O)cc4)c4ccc([nH]4)c7-c4cc(C(C)(C)C)cc(C(C)(C)C)c4)C=C2)C=C3)cc(C(C)(C)C)c1. The van der Waals surface area contributed by atoms with E-state index in [9.17, 15) is 9.90 Å². The van der Waals surface area contributed by atoms with Crippen molar-refractivity contribution in [3.05, 3.63) is 248 Å². The summed E-state index contributed by atoms with van der Waals surface area (Å²) in [6, 6.07) is 62.0. The molecular weight excluding hydrogens is 1550 g/mol. The van der Waals surface area contributed by atoms with Gasteiger partial charge in [-0.3, -0.25) is 0 Å². The summed E-state index contributed by atoms with van der Waals surface area (Å²) < 4.78 is 0. The molecule has 0 spiro atoms. The summed E-state index contributed by atoms with van der Waals surface area (Å²) in [5, 5.41) is 16.3. The minimum absolute atomic E-state index is 0.194. The van der Waals surface area contributed by atoms with Crippen molar-refractivity contribution in [3.8, 4) is 66.8 Å². The van der Waals surface area contributed by atoms with Gasteiger partial charge in [0.1, 0.15) is 0 Å². The van der Waals surface area contributed by atoms with Gasteiger partial charge in [-0.15, -0.1) is 0 Å². The molecule has 0 saturated heterocycles. The summed E-state index contributed by atoms with van der Waals surface area (Å²) in [5.74, 6) is -0.994. The Kier molecular flexibility index (Phi) is 19.4. The van der Waals surface area contributed by atoms with Crippen molar-refractivity contribution in [1.29, 1.82) is 0 Å². The Hall–Kier alpha value is -12.0. The first-order valence-corrected chi connectivity index (χ1v) is 45.7. The fourth-order valence-corrected chi connectivity index (χ4v) is 18.9. The number of aromatic amines is 4. The van der Waals surface area contributed by atoms with Crippen LogP contribution in [0.4, 0.5) is 0 Å². The minimum atomic E-state index is -0.994. The molecule has 0 fully saturated rings. The molecule has 646 valence electrons. The fourth-order valence-electron chi connectivity index (χ4n) is 18.9. The molecule has 0 saturated carbocycles. The highest BCUT2D eigenvalue weighted by atomic mass is 16.4. The Morgan fingerprint density at radius 2 is 0.465 bits per heavy atom. The van der Waals surface area contributed by atoms with Gasteiger partial charge in [0.15, 0.2) is 0 Å². The minimum Gasteiger partial charge on any atom is -0.478 e. The van der Waals surface area contributed by atoms with Crippen molar-refractivity contribution >= 4 is 129 Å². The normalized spacial score (nSPS) is 13.7. The lowest BCUT2D eigenvalue weighted by Gasteiger charge is -2.26. The van der Waals surface area contributed by atoms with Gasteiger partial charge in [0.25, 0.3) is 0 Å². The molecule has 16 bridgehead atoms. The van der Waals surface area contributed by atoms with Crippen molar-refractivity contribution in [1.82, 2.24) is 39.9 Å². The number of nitrogens with zero attached hydrogens (tertiary/aromatic N) is 4. The van der Waals surface area contributed by atoms with Crippen molar-refractivity contribution in [2.24, 2.45) is 0 Å². The zero-order valence-electron chi connectivity index (χ0n) is 80.5. The maximum absolute atomic E-state index is 12.8. The van der Waals surface area contributed by atoms with E-state index in [4.69, 9.17) is 19.9 Å². The van der Waals surface area contributed by atoms with Crippen molar-refractivity contribution in [2.45, 2.75) is 262 Å². The van der Waals surface area contributed by atoms with Crippen molar-refractivity contribution in [3.63, 3.8) is 0 Å². The number of nitrogens with one attached hydrogen (secondary N) is 4. The van der Waals surface area contributed by atoms with Gasteiger partial charge in [-0.2, -0.15) is 0 Å². The second-order valence-electron chi connectivity index (χ2n) is 47.1. The third kappa shape index (κ3) is 15.3. The molecule has 5 N–H and O–H groups in total. The van der Waals surface area contributed by atoms with Crippen LogP contribution in [0.2, 0.25) is 0 Å². The largest absolute Gasteiger partial charge is 0.478 e. The number of H-pyrrole nitrogens is 4. The van der Waals surface area contributed by atoms with Crippen LogP contribution in [0.5, 0.6) is 0 Å². The molecule has 8 aromatic heterocycles. The number of carbonyl (C=O) groups is 1. The lowest BCUT2D eigenvalue weighted by atomic mass is 9.78. The Labute approximate surface area is 750 Å². The first-order valence-electron chi connectivity index (χ1n) is 45.7. The molecule has 0 unspecified atom stereocenters. The van der Waals surface area contributed by atoms with E-state index in [-0.39, 0.29) is 59.7 Å². The summed E-state index contributed by atoms with van der Waals surface area (Å²) in [7, 11) is 0. The predicted molar refractivity (Wildman–Crippen MR) is 543 cm³/mol. The molecule has 127 heavy (non-hydrogen) atoms. The molecule has 16 aromatic rings. The van der Waals surface area contributed by atoms with Gasteiger partial charge in [0.2, 0.25) is 0 Å². The average Bonchev–Trinajstić information content (AvgIpc) is 1.53. The zero-order chi connectivity index (χ0) is 91.1. The Morgan fingerprint density at radius 1 is 0.236 bits per heavy atom. The first-order chi connectivity index (χ1) is 59.0. The zero-order valence-corrected chi connectivity index (χ0v) is 80.5. The van der Waals surface area contributed by atoms with Crippen LogP contribution in [-0.4, -0.2) is 50.9 Å². The highest BCUT2D eigenvalue weighted by Gasteiger charge is 2.34. The van der Waals surface area contributed by atoms with Gasteiger partial charge < -0.3 is 25.0 Å². The van der Waals surface area contributed by atoms with E-state index in [2.05, 4.69) is 391 Å². The lowest BCUT2D eigenvalue weighted by Crippen LogP contribution is -2.16. The van der Waals surface area contributed by atoms with Crippen LogP contribution >= 0.6 is 0 Å². The molecule has 2 aliphatic heterocycles. The van der Waals surface area contributed by atoms with Crippen LogP contribution in [0.15, 0.2) is 164 Å². The van der Waals surface area contributed by atoms with E-state index < -0.39 is 5.97 Å². The average molecular weight is 1680 g/mol. The number of aromatic nitrogens is 8. The summed E-state index contributed by atoms with van der Waals surface area (Å²) in [4.78, 5) is 54.9. The number of hydrogen-bond acceptors (Lipinski definition) is 5. The highest BCUT2D eigenvalue weighted by Crippen LogP contribution is 2.52. The van der Waals surface area contributed by atoms with E-state index in [0.717, 1.165) is 188 Å². The van der Waals surface area contributed by atoms with E-state index in [1.165, 1.54) is 55.6 Å². The molecule has 0 radical (unpaired) electrons. The number of carboxylic acid groups (broad SMARTS) is 1. The molecule has 10 nitrogen and oxygen atoms in total. The molecule has 0 atom stereocenters. The Bertz CT molecular complexity index is 7390. The van der Waals surface area contributed by atoms with Crippen LogP contribution in [0.3, 0.4) is 0 Å². The van der Waals surface area contributed by atoms with Crippen molar-refractivity contribution < 1.29 is 9.90 Å². The third-order valence-corrected chi connectivity index (χ3v) is 27.0. The quantitative estimate of drug-likeness (QED) is 0.107. The molecule has 18 rings (SSSR count). The van der Waals surface area contributed by atoms with E-state index in [0.29, 0.717) is 0 Å². The second kappa shape index (κ2) is 28.7. The number of aromatic carboxylic acids is 1. The van der Waals surface area contributed by atoms with Crippen molar-refractivity contribution in [2.75, 3.05) is 0 Å². The standard InChI is InChI=1S/C117H126N8O2/c1-108(2,3)69-43-64(44-70(53-69)109(4,5)6)96-85-37-41-89(120-85)99(67-49-75(114(19,20)21)56-76(50-67)115(22,23)24)93-60-81-79-58-91-97(65-45-71(110(7,8)9)54-72(46-65)111(10,11)12)87-39-35-83(118-87)95(62-31-33-63(34-32-62)107(126)127)84-36-40-88(119-84)98(66-47-73(112(13,14)15)55-74(48-66)113(16,17)18)92-59-80-82-61-94(125-106(82)102(105(81)124-93)101(103(79)122-91)104(80)123-92)100(90-42-38-86(96)121-90)68-51-77(116(25,26)27)57-78(52-68)117(28,29)30/h31-61,118,121,123-124H,1-30H3,(H,126,127). The number of rotatable bonds is 7. The fraction of sp³-hybridized carbons (Fsp3) is 0.342. The maximum atomic E-state index is 12.8. The molecule has 2 aliphatic rings. The van der Waals surface area contributed by atoms with Gasteiger partial charge in [-0.1, -0.05) is 311 Å². The van der Waals surface area contributed by atoms with Gasteiger partial charge >= 0.3 is 5.97 Å². The summed E-state index contributed by atoms with van der Waals surface area (Å²) in [6.07, 6.45) is 8.87. The number of hydrogen-bond donors (Lipinski definition) is 5. The molecule has 0 aliphatic carbocycles. The number of carboxylic acids is 1. The summed E-state index contributed by atoms with van der Waals surface area (Å²) in [6.45, 7) is 69.6. The van der Waals surface area contributed by atoms with Gasteiger partial charge in [-0.25, -0.2) is 24.7 Å². The monoisotopic (exact) mass is 1680 g/mol. The summed E-state index contributed by atoms with van der Waals surface area (Å²) in [5.41, 5.74) is 35.5. The molecule has 8 aromatic carbocycles. The summed E-state index contributed by atoms with van der Waals surface area (Å²) >= 11 is 0. The van der Waals surface area contributed by atoms with Crippen LogP contribution in [0.25, 0.3) is 190 Å². The lowest BCUT2D eigenvalue weighted by molar-refractivity contribution is 0.0696. The van der Waals surface area contributed by atoms with Crippen LogP contribution in [-0.2, 0) is 54.1 Å². The predicted octanol–water partition coefficient (Wildman–Crippen LogP) is 32.3. The third-order valence-electron chi connectivity index (χ3n) is 27.0. The molecule has 10 heteroatoms. The number of benzene rings is 8. The molecular formula is C117H126N8O2. The highest BCUT2D eigenvalue weighted by molar-refractivity contribution is 6.40.